The molecule has 0 unspecified atom stereocenters. The number of carboxylic acids is 1. The Labute approximate surface area is 119 Å². The molecule has 108 valence electrons. The highest BCUT2D eigenvalue weighted by Gasteiger charge is 2.17. The molecule has 0 fully saturated rings. The van der Waals surface area contributed by atoms with Gasteiger partial charge in [-0.1, -0.05) is 6.07 Å². The van der Waals surface area contributed by atoms with Gasteiger partial charge in [0.25, 0.3) is 0 Å². The van der Waals surface area contributed by atoms with Gasteiger partial charge in [-0.3, -0.25) is 0 Å². The van der Waals surface area contributed by atoms with Crippen molar-refractivity contribution in [3.63, 3.8) is 0 Å². The number of hydrogen-bond donors (Lipinski definition) is 2. The molecular formula is C14H17NO4S. The molecule has 0 aromatic heterocycles. The fourth-order valence-electron chi connectivity index (χ4n) is 1.64. The van der Waals surface area contributed by atoms with E-state index in [1.165, 1.54) is 18.2 Å². The lowest BCUT2D eigenvalue weighted by molar-refractivity contribution is 0.0696. The lowest BCUT2D eigenvalue weighted by atomic mass is 10.1. The van der Waals surface area contributed by atoms with Crippen molar-refractivity contribution in [1.29, 1.82) is 0 Å². The molecule has 0 atom stereocenters. The first-order valence-electron chi connectivity index (χ1n) is 6.15. The predicted octanol–water partition coefficient (Wildman–Crippen LogP) is 1.78. The lowest BCUT2D eigenvalue weighted by Gasteiger charge is -2.08. The van der Waals surface area contributed by atoms with E-state index >= 15 is 0 Å². The van der Waals surface area contributed by atoms with E-state index in [4.69, 9.17) is 11.5 Å². The van der Waals surface area contributed by atoms with E-state index < -0.39 is 16.0 Å². The number of nitrogens with one attached hydrogen (secondary N) is 1. The summed E-state index contributed by atoms with van der Waals surface area (Å²) >= 11 is 0. The standard InChI is InChI=1S/C14H17NO4S/c1-3-4-5-6-9-15-20(18,19)12-8-7-11(2)13(10-12)14(16)17/h1,7-8,10,15H,4-6,9H2,2H3,(H,16,17). The monoisotopic (exact) mass is 295 g/mol. The number of benzene rings is 1. The summed E-state index contributed by atoms with van der Waals surface area (Å²) in [7, 11) is -3.69. The maximum Gasteiger partial charge on any atom is 0.335 e. The molecule has 0 saturated heterocycles. The second kappa shape index (κ2) is 7.08. The van der Waals surface area contributed by atoms with Crippen LogP contribution in [-0.4, -0.2) is 26.0 Å². The Morgan fingerprint density at radius 3 is 2.70 bits per heavy atom. The Bertz CT molecular complexity index is 629. The molecule has 1 aromatic rings. The lowest BCUT2D eigenvalue weighted by Crippen LogP contribution is -2.25. The Morgan fingerprint density at radius 2 is 2.10 bits per heavy atom. The SMILES string of the molecule is C#CCCCCNS(=O)(=O)c1ccc(C)c(C(=O)O)c1. The fourth-order valence-corrected chi connectivity index (χ4v) is 2.74. The third kappa shape index (κ3) is 4.37. The average Bonchev–Trinajstić information content (AvgIpc) is 2.38. The Balaban J connectivity index is 2.80. The molecule has 0 aliphatic rings. The van der Waals surface area contributed by atoms with Crippen LogP contribution in [0.3, 0.4) is 0 Å². The van der Waals surface area contributed by atoms with Crippen molar-refractivity contribution in [2.24, 2.45) is 0 Å². The highest BCUT2D eigenvalue weighted by atomic mass is 32.2. The summed E-state index contributed by atoms with van der Waals surface area (Å²) in [5, 5.41) is 8.99. The second-order valence-electron chi connectivity index (χ2n) is 4.34. The molecule has 0 bridgehead atoms. The third-order valence-corrected chi connectivity index (χ3v) is 4.25. The highest BCUT2D eigenvalue weighted by Crippen LogP contribution is 2.15. The van der Waals surface area contributed by atoms with E-state index in [1.807, 2.05) is 0 Å². The number of rotatable bonds is 7. The number of aromatic carboxylic acids is 1. The first-order valence-corrected chi connectivity index (χ1v) is 7.64. The molecule has 0 aliphatic heterocycles. The van der Waals surface area contributed by atoms with E-state index in [0.29, 0.717) is 18.4 Å². The summed E-state index contributed by atoms with van der Waals surface area (Å²) in [6.45, 7) is 1.90. The van der Waals surface area contributed by atoms with Crippen LogP contribution >= 0.6 is 0 Å². The molecule has 0 amide bonds. The smallest absolute Gasteiger partial charge is 0.335 e. The normalized spacial score (nSPS) is 11.0. The zero-order valence-electron chi connectivity index (χ0n) is 11.2. The van der Waals surface area contributed by atoms with Crippen molar-refractivity contribution < 1.29 is 18.3 Å². The van der Waals surface area contributed by atoms with Crippen LogP contribution in [0.5, 0.6) is 0 Å². The van der Waals surface area contributed by atoms with Crippen LogP contribution < -0.4 is 4.72 Å². The number of unbranched alkanes of at least 4 members (excludes halogenated alkanes) is 2. The van der Waals surface area contributed by atoms with Gasteiger partial charge in [0.15, 0.2) is 0 Å². The predicted molar refractivity (Wildman–Crippen MR) is 76.0 cm³/mol. The molecule has 0 saturated carbocycles. The molecule has 0 heterocycles. The minimum Gasteiger partial charge on any atom is -0.478 e. The van der Waals surface area contributed by atoms with Crippen LogP contribution in [0.1, 0.15) is 35.2 Å². The minimum absolute atomic E-state index is 0.0137. The van der Waals surface area contributed by atoms with Gasteiger partial charge in [-0.05, 0) is 37.5 Å². The van der Waals surface area contributed by atoms with Gasteiger partial charge >= 0.3 is 5.97 Å². The summed E-state index contributed by atoms with van der Waals surface area (Å²) in [6, 6.07) is 4.04. The van der Waals surface area contributed by atoms with E-state index in [-0.39, 0.29) is 17.0 Å². The first kappa shape index (κ1) is 16.2. The maximum absolute atomic E-state index is 12.0. The van der Waals surface area contributed by atoms with Crippen LogP contribution in [0.25, 0.3) is 0 Å². The van der Waals surface area contributed by atoms with E-state index in [0.717, 1.165) is 6.42 Å². The van der Waals surface area contributed by atoms with Crippen molar-refractivity contribution in [2.75, 3.05) is 6.54 Å². The van der Waals surface area contributed by atoms with Crippen LogP contribution in [0, 0.1) is 19.3 Å². The zero-order valence-corrected chi connectivity index (χ0v) is 12.0. The van der Waals surface area contributed by atoms with Crippen LogP contribution in [0.2, 0.25) is 0 Å². The van der Waals surface area contributed by atoms with Crippen LogP contribution in [0.4, 0.5) is 0 Å². The zero-order chi connectivity index (χ0) is 15.2. The summed E-state index contributed by atoms with van der Waals surface area (Å²) in [5.41, 5.74) is 0.505. The van der Waals surface area contributed by atoms with E-state index in [2.05, 4.69) is 10.6 Å². The molecule has 5 nitrogen and oxygen atoms in total. The molecule has 0 radical (unpaired) electrons. The summed E-state index contributed by atoms with van der Waals surface area (Å²) < 4.78 is 26.4. The highest BCUT2D eigenvalue weighted by molar-refractivity contribution is 7.89. The second-order valence-corrected chi connectivity index (χ2v) is 6.11. The van der Waals surface area contributed by atoms with E-state index in [1.54, 1.807) is 6.92 Å². The summed E-state index contributed by atoms with van der Waals surface area (Å²) in [5.74, 6) is 1.34. The largest absolute Gasteiger partial charge is 0.478 e. The number of aryl methyl sites for hydroxylation is 1. The number of sulfonamides is 1. The van der Waals surface area contributed by atoms with Gasteiger partial charge in [0.1, 0.15) is 0 Å². The van der Waals surface area contributed by atoms with E-state index in [9.17, 15) is 13.2 Å². The Hall–Kier alpha value is -1.84. The van der Waals surface area contributed by atoms with Crippen molar-refractivity contribution in [3.05, 3.63) is 29.3 Å². The van der Waals surface area contributed by atoms with Crippen molar-refractivity contribution >= 4 is 16.0 Å². The number of carbonyl (C=O) groups is 1. The van der Waals surface area contributed by atoms with Gasteiger partial charge in [0.2, 0.25) is 10.0 Å². The number of terminal acetylenes is 1. The minimum atomic E-state index is -3.69. The topological polar surface area (TPSA) is 83.5 Å². The average molecular weight is 295 g/mol. The van der Waals surface area contributed by atoms with Gasteiger partial charge in [-0.15, -0.1) is 12.3 Å². The molecule has 0 spiro atoms. The molecule has 1 rings (SSSR count). The molecular weight excluding hydrogens is 278 g/mol. The van der Waals surface area contributed by atoms with Crippen LogP contribution in [-0.2, 0) is 10.0 Å². The van der Waals surface area contributed by atoms with Gasteiger partial charge in [0.05, 0.1) is 10.5 Å². The van der Waals surface area contributed by atoms with Crippen molar-refractivity contribution in [3.8, 4) is 12.3 Å². The maximum atomic E-state index is 12.0. The third-order valence-electron chi connectivity index (χ3n) is 2.79. The Morgan fingerprint density at radius 1 is 1.40 bits per heavy atom. The molecule has 20 heavy (non-hydrogen) atoms. The van der Waals surface area contributed by atoms with Crippen LogP contribution in [0.15, 0.2) is 23.1 Å². The quantitative estimate of drug-likeness (QED) is 0.593. The summed E-state index contributed by atoms with van der Waals surface area (Å²) in [6.07, 6.45) is 7.09. The fraction of sp³-hybridized carbons (Fsp3) is 0.357. The first-order chi connectivity index (χ1) is 9.38. The Kier molecular flexibility index (Phi) is 5.74. The number of carboxylic acid groups (broad SMARTS) is 1. The van der Waals surface area contributed by atoms with Gasteiger partial charge < -0.3 is 5.11 Å². The van der Waals surface area contributed by atoms with Crippen molar-refractivity contribution in [2.45, 2.75) is 31.1 Å². The molecule has 6 heteroatoms. The van der Waals surface area contributed by atoms with Gasteiger partial charge in [0, 0.05) is 13.0 Å². The van der Waals surface area contributed by atoms with Gasteiger partial charge in [-0.25, -0.2) is 17.9 Å². The molecule has 1 aromatic carbocycles. The molecule has 0 aliphatic carbocycles. The van der Waals surface area contributed by atoms with Gasteiger partial charge in [-0.2, -0.15) is 0 Å². The van der Waals surface area contributed by atoms with Crippen molar-refractivity contribution in [1.82, 2.24) is 4.72 Å². The molecule has 2 N–H and O–H groups in total. The number of hydrogen-bond acceptors (Lipinski definition) is 3. The summed E-state index contributed by atoms with van der Waals surface area (Å²) in [4.78, 5) is 11.0.